The molecule has 6 heteroatoms. The van der Waals surface area contributed by atoms with Gasteiger partial charge in [0.1, 0.15) is 5.82 Å². The van der Waals surface area contributed by atoms with Crippen molar-refractivity contribution < 1.29 is 8.91 Å². The fraction of sp³-hybridized carbons (Fsp3) is 0. The first-order chi connectivity index (χ1) is 6.25. The molecule has 0 spiro atoms. The Labute approximate surface area is 71.2 Å². The molecule has 2 aromatic rings. The first-order valence-corrected chi connectivity index (χ1v) is 3.42. The van der Waals surface area contributed by atoms with E-state index in [0.717, 1.165) is 6.20 Å². The van der Waals surface area contributed by atoms with Gasteiger partial charge in [0.25, 0.3) is 0 Å². The molecule has 0 aliphatic rings. The summed E-state index contributed by atoms with van der Waals surface area (Å²) in [7, 11) is 0. The van der Waals surface area contributed by atoms with Crippen LogP contribution in [-0.2, 0) is 0 Å². The molecule has 0 saturated carbocycles. The molecule has 2 aromatic heterocycles. The molecule has 2 rings (SSSR count). The maximum Gasteiger partial charge on any atom is 0.439 e. The summed E-state index contributed by atoms with van der Waals surface area (Å²) in [6, 6.07) is 1.20. The van der Waals surface area contributed by atoms with Crippen LogP contribution in [0.1, 0.15) is 0 Å². The molecule has 5 nitrogen and oxygen atoms in total. The molecular formula is C7H4FN3O2. The highest BCUT2D eigenvalue weighted by Crippen LogP contribution is 2.11. The lowest BCUT2D eigenvalue weighted by molar-refractivity contribution is 0.388. The van der Waals surface area contributed by atoms with Crippen LogP contribution in [0, 0.1) is 5.82 Å². The first kappa shape index (κ1) is 7.66. The van der Waals surface area contributed by atoms with Gasteiger partial charge in [-0.05, 0) is 6.07 Å². The van der Waals surface area contributed by atoms with E-state index in [1.165, 1.54) is 12.3 Å². The lowest BCUT2D eigenvalue weighted by Crippen LogP contribution is -1.95. The molecule has 2 heterocycles. The third-order valence-electron chi connectivity index (χ3n) is 1.42. The minimum atomic E-state index is -0.681. The summed E-state index contributed by atoms with van der Waals surface area (Å²) < 4.78 is 16.9. The number of hydrogen-bond donors (Lipinski definition) is 1. The van der Waals surface area contributed by atoms with Crippen molar-refractivity contribution in [3.05, 3.63) is 34.8 Å². The molecule has 0 unspecified atom stereocenters. The van der Waals surface area contributed by atoms with Crippen molar-refractivity contribution in [3.63, 3.8) is 0 Å². The van der Waals surface area contributed by atoms with Crippen LogP contribution >= 0.6 is 0 Å². The van der Waals surface area contributed by atoms with Crippen LogP contribution in [0.15, 0.2) is 27.8 Å². The Hall–Kier alpha value is -1.98. The Bertz CT molecular complexity index is 476. The molecule has 0 aliphatic heterocycles. The van der Waals surface area contributed by atoms with Gasteiger partial charge < -0.3 is 0 Å². The highest BCUT2D eigenvalue weighted by Gasteiger charge is 2.04. The van der Waals surface area contributed by atoms with Gasteiger partial charge in [-0.15, -0.1) is 0 Å². The molecule has 0 fully saturated rings. The van der Waals surface area contributed by atoms with Crippen molar-refractivity contribution >= 4 is 0 Å². The van der Waals surface area contributed by atoms with Gasteiger partial charge in [-0.3, -0.25) is 14.5 Å². The molecule has 1 N–H and O–H groups in total. The lowest BCUT2D eigenvalue weighted by atomic mass is 10.3. The van der Waals surface area contributed by atoms with Crippen molar-refractivity contribution in [2.75, 3.05) is 0 Å². The zero-order valence-electron chi connectivity index (χ0n) is 6.32. The van der Waals surface area contributed by atoms with Gasteiger partial charge in [-0.25, -0.2) is 9.18 Å². The highest BCUT2D eigenvalue weighted by atomic mass is 19.1. The van der Waals surface area contributed by atoms with E-state index in [-0.39, 0.29) is 5.82 Å². The molecule has 0 amide bonds. The Kier molecular flexibility index (Phi) is 1.66. The molecule has 0 aromatic carbocycles. The molecular weight excluding hydrogens is 177 g/mol. The molecule has 0 radical (unpaired) electrons. The van der Waals surface area contributed by atoms with E-state index >= 15 is 0 Å². The van der Waals surface area contributed by atoms with Crippen LogP contribution in [0.25, 0.3) is 11.4 Å². The van der Waals surface area contributed by atoms with Gasteiger partial charge in [-0.1, -0.05) is 5.16 Å². The fourth-order valence-electron chi connectivity index (χ4n) is 0.896. The second kappa shape index (κ2) is 2.81. The maximum absolute atomic E-state index is 12.6. The van der Waals surface area contributed by atoms with E-state index in [9.17, 15) is 9.18 Å². The van der Waals surface area contributed by atoms with E-state index in [1.54, 1.807) is 0 Å². The van der Waals surface area contributed by atoms with E-state index in [2.05, 4.69) is 19.6 Å². The minimum absolute atomic E-state index is 0.164. The van der Waals surface area contributed by atoms with Crippen molar-refractivity contribution in [2.24, 2.45) is 0 Å². The van der Waals surface area contributed by atoms with Crippen LogP contribution in [0.2, 0.25) is 0 Å². The molecule has 0 aliphatic carbocycles. The Balaban J connectivity index is 2.52. The monoisotopic (exact) mass is 181 g/mol. The minimum Gasteiger partial charge on any atom is -0.296 e. The smallest absolute Gasteiger partial charge is 0.296 e. The zero-order valence-corrected chi connectivity index (χ0v) is 6.32. The van der Waals surface area contributed by atoms with E-state index in [1.807, 2.05) is 0 Å². The molecule has 13 heavy (non-hydrogen) atoms. The van der Waals surface area contributed by atoms with Crippen molar-refractivity contribution in [2.45, 2.75) is 0 Å². The maximum atomic E-state index is 12.6. The quantitative estimate of drug-likeness (QED) is 0.697. The van der Waals surface area contributed by atoms with Crippen LogP contribution in [0.5, 0.6) is 0 Å². The summed E-state index contributed by atoms with van der Waals surface area (Å²) in [5, 5.41) is 3.38. The van der Waals surface area contributed by atoms with Gasteiger partial charge in [0.15, 0.2) is 5.82 Å². The van der Waals surface area contributed by atoms with Gasteiger partial charge in [0, 0.05) is 11.8 Å². The fourth-order valence-corrected chi connectivity index (χ4v) is 0.896. The van der Waals surface area contributed by atoms with Crippen molar-refractivity contribution in [1.82, 2.24) is 15.1 Å². The number of H-pyrrole nitrogens is 1. The van der Waals surface area contributed by atoms with Crippen molar-refractivity contribution in [1.29, 1.82) is 0 Å². The third kappa shape index (κ3) is 1.46. The second-order valence-corrected chi connectivity index (χ2v) is 2.34. The van der Waals surface area contributed by atoms with Crippen LogP contribution in [0.3, 0.4) is 0 Å². The zero-order chi connectivity index (χ0) is 9.26. The average Bonchev–Trinajstić information content (AvgIpc) is 2.52. The topological polar surface area (TPSA) is 71.8 Å². The number of hydrogen-bond acceptors (Lipinski definition) is 4. The summed E-state index contributed by atoms with van der Waals surface area (Å²) in [5.74, 6) is -1.02. The predicted octanol–water partition coefficient (Wildman–Crippen LogP) is 0.564. The predicted molar refractivity (Wildman–Crippen MR) is 40.3 cm³/mol. The average molecular weight is 181 g/mol. The number of aromatic nitrogens is 3. The molecule has 0 bridgehead atoms. The van der Waals surface area contributed by atoms with E-state index in [4.69, 9.17) is 0 Å². The second-order valence-electron chi connectivity index (χ2n) is 2.34. The SMILES string of the molecule is O=c1[nH]c(-c2cncc(F)c2)no1. The number of pyridine rings is 1. The highest BCUT2D eigenvalue weighted by molar-refractivity contribution is 5.51. The van der Waals surface area contributed by atoms with Crippen LogP contribution < -0.4 is 5.76 Å². The number of rotatable bonds is 1. The Morgan fingerprint density at radius 1 is 1.46 bits per heavy atom. The largest absolute Gasteiger partial charge is 0.439 e. The lowest BCUT2D eigenvalue weighted by Gasteiger charge is -1.92. The van der Waals surface area contributed by atoms with Gasteiger partial charge >= 0.3 is 5.76 Å². The van der Waals surface area contributed by atoms with Crippen LogP contribution in [0.4, 0.5) is 4.39 Å². The number of halogens is 1. The Morgan fingerprint density at radius 3 is 2.92 bits per heavy atom. The summed E-state index contributed by atoms with van der Waals surface area (Å²) in [6.07, 6.45) is 2.43. The standard InChI is InChI=1S/C7H4FN3O2/c8-5-1-4(2-9-3-5)6-10-7(12)13-11-6/h1-3H,(H,10,11,12). The third-order valence-corrected chi connectivity index (χ3v) is 1.42. The number of nitrogens with one attached hydrogen (secondary N) is 1. The Morgan fingerprint density at radius 2 is 2.31 bits per heavy atom. The summed E-state index contributed by atoms with van der Waals surface area (Å²) in [4.78, 5) is 16.4. The normalized spacial score (nSPS) is 10.2. The van der Waals surface area contributed by atoms with E-state index in [0.29, 0.717) is 5.56 Å². The molecule has 0 atom stereocenters. The summed E-state index contributed by atoms with van der Waals surface area (Å²) >= 11 is 0. The molecule has 66 valence electrons. The number of aromatic amines is 1. The van der Waals surface area contributed by atoms with Gasteiger partial charge in [0.05, 0.1) is 6.20 Å². The number of nitrogens with zero attached hydrogens (tertiary/aromatic N) is 2. The van der Waals surface area contributed by atoms with Crippen molar-refractivity contribution in [3.8, 4) is 11.4 Å². The van der Waals surface area contributed by atoms with Gasteiger partial charge in [-0.2, -0.15) is 0 Å². The first-order valence-electron chi connectivity index (χ1n) is 3.42. The summed E-state index contributed by atoms with van der Waals surface area (Å²) in [6.45, 7) is 0. The van der Waals surface area contributed by atoms with Crippen LogP contribution in [-0.4, -0.2) is 15.1 Å². The van der Waals surface area contributed by atoms with Gasteiger partial charge in [0.2, 0.25) is 0 Å². The molecule has 0 saturated heterocycles. The summed E-state index contributed by atoms with van der Waals surface area (Å²) in [5.41, 5.74) is 0.367. The van der Waals surface area contributed by atoms with E-state index < -0.39 is 11.6 Å².